The first-order valence-corrected chi connectivity index (χ1v) is 8.33. The van der Waals surface area contributed by atoms with Gasteiger partial charge in [0.05, 0.1) is 6.04 Å². The van der Waals surface area contributed by atoms with Gasteiger partial charge in [0.2, 0.25) is 5.91 Å². The minimum Gasteiger partial charge on any atom is -0.368 e. The van der Waals surface area contributed by atoms with Gasteiger partial charge in [-0.1, -0.05) is 51.4 Å². The molecule has 1 atom stereocenters. The molecule has 1 amide bonds. The molecule has 0 spiro atoms. The summed E-state index contributed by atoms with van der Waals surface area (Å²) in [6.07, 6.45) is 15.3. The molecule has 0 bridgehead atoms. The molecule has 110 valence electrons. The molecule has 0 aromatic carbocycles. The minimum atomic E-state index is -0.129. The second kappa shape index (κ2) is 7.88. The standard InChI is InChI=1S/C16H30N2O/c17-16(19)15(13-9-5-1-2-6-10-13)18-14-11-7-3-4-8-12-14/h13-15,18H,1-12H2,(H2,17,19). The zero-order valence-corrected chi connectivity index (χ0v) is 12.2. The average Bonchev–Trinajstić information content (AvgIpc) is 2.80. The molecule has 0 radical (unpaired) electrons. The van der Waals surface area contributed by atoms with E-state index in [1.807, 2.05) is 0 Å². The van der Waals surface area contributed by atoms with E-state index in [0.29, 0.717) is 12.0 Å². The highest BCUT2D eigenvalue weighted by molar-refractivity contribution is 5.80. The Balaban J connectivity index is 1.92. The molecule has 2 saturated carbocycles. The van der Waals surface area contributed by atoms with Gasteiger partial charge >= 0.3 is 0 Å². The van der Waals surface area contributed by atoms with Crippen LogP contribution in [-0.4, -0.2) is 18.0 Å². The summed E-state index contributed by atoms with van der Waals surface area (Å²) in [4.78, 5) is 11.8. The molecule has 3 nitrogen and oxygen atoms in total. The van der Waals surface area contributed by atoms with E-state index in [0.717, 1.165) is 0 Å². The third-order valence-corrected chi connectivity index (χ3v) is 4.95. The predicted molar refractivity (Wildman–Crippen MR) is 78.8 cm³/mol. The van der Waals surface area contributed by atoms with Crippen molar-refractivity contribution in [2.24, 2.45) is 11.7 Å². The normalized spacial score (nSPS) is 25.5. The number of primary amides is 1. The molecule has 0 aromatic rings. The summed E-state index contributed by atoms with van der Waals surface area (Å²) >= 11 is 0. The maximum Gasteiger partial charge on any atom is 0.234 e. The van der Waals surface area contributed by atoms with Gasteiger partial charge in [0.15, 0.2) is 0 Å². The lowest BCUT2D eigenvalue weighted by Gasteiger charge is -2.29. The third-order valence-electron chi connectivity index (χ3n) is 4.95. The van der Waals surface area contributed by atoms with Gasteiger partial charge in [-0.3, -0.25) is 4.79 Å². The monoisotopic (exact) mass is 266 g/mol. The van der Waals surface area contributed by atoms with Crippen LogP contribution in [0.2, 0.25) is 0 Å². The molecule has 2 aliphatic rings. The van der Waals surface area contributed by atoms with E-state index in [1.54, 1.807) is 0 Å². The molecular formula is C16H30N2O. The maximum atomic E-state index is 11.8. The highest BCUT2D eigenvalue weighted by Crippen LogP contribution is 2.27. The molecule has 0 heterocycles. The molecule has 2 aliphatic carbocycles. The Bertz CT molecular complexity index is 264. The number of hydrogen-bond donors (Lipinski definition) is 2. The van der Waals surface area contributed by atoms with Crippen molar-refractivity contribution in [1.29, 1.82) is 0 Å². The van der Waals surface area contributed by atoms with Gasteiger partial charge in [-0.15, -0.1) is 0 Å². The van der Waals surface area contributed by atoms with E-state index in [-0.39, 0.29) is 11.9 Å². The largest absolute Gasteiger partial charge is 0.368 e. The van der Waals surface area contributed by atoms with E-state index >= 15 is 0 Å². The number of nitrogens with two attached hydrogens (primary N) is 1. The molecule has 19 heavy (non-hydrogen) atoms. The molecule has 3 heteroatoms. The van der Waals surface area contributed by atoms with E-state index < -0.39 is 0 Å². The molecule has 2 fully saturated rings. The van der Waals surface area contributed by atoms with Crippen molar-refractivity contribution in [1.82, 2.24) is 5.32 Å². The summed E-state index contributed by atoms with van der Waals surface area (Å²) in [5, 5.41) is 3.62. The van der Waals surface area contributed by atoms with Gasteiger partial charge in [-0.2, -0.15) is 0 Å². The highest BCUT2D eigenvalue weighted by Gasteiger charge is 2.29. The summed E-state index contributed by atoms with van der Waals surface area (Å²) in [5.74, 6) is 0.347. The van der Waals surface area contributed by atoms with Gasteiger partial charge in [-0.05, 0) is 31.6 Å². The molecule has 1 unspecified atom stereocenters. The quantitative estimate of drug-likeness (QED) is 0.768. The number of carbonyl (C=O) groups excluding carboxylic acids is 1. The SMILES string of the molecule is NC(=O)C(NC1CCCCCC1)C1CCCCCC1. The fraction of sp³-hybridized carbons (Fsp3) is 0.938. The van der Waals surface area contributed by atoms with Crippen molar-refractivity contribution >= 4 is 5.91 Å². The number of nitrogens with one attached hydrogen (secondary N) is 1. The summed E-state index contributed by atoms with van der Waals surface area (Å²) in [5.41, 5.74) is 5.67. The Morgan fingerprint density at radius 3 is 1.79 bits per heavy atom. The summed E-state index contributed by atoms with van der Waals surface area (Å²) in [6, 6.07) is 0.435. The molecule has 0 saturated heterocycles. The first-order chi connectivity index (χ1) is 9.27. The number of carbonyl (C=O) groups is 1. The topological polar surface area (TPSA) is 55.1 Å². The van der Waals surface area contributed by atoms with Gasteiger partial charge in [0.25, 0.3) is 0 Å². The average molecular weight is 266 g/mol. The van der Waals surface area contributed by atoms with Crippen LogP contribution in [0.15, 0.2) is 0 Å². The molecular weight excluding hydrogens is 236 g/mol. The van der Waals surface area contributed by atoms with Crippen LogP contribution in [0.5, 0.6) is 0 Å². The van der Waals surface area contributed by atoms with Crippen LogP contribution in [0.25, 0.3) is 0 Å². The van der Waals surface area contributed by atoms with Gasteiger partial charge < -0.3 is 11.1 Å². The lowest BCUT2D eigenvalue weighted by Crippen LogP contribution is -2.50. The van der Waals surface area contributed by atoms with Crippen LogP contribution in [0.3, 0.4) is 0 Å². The van der Waals surface area contributed by atoms with Crippen molar-refractivity contribution in [2.45, 2.75) is 89.1 Å². The maximum absolute atomic E-state index is 11.8. The Labute approximate surface area is 117 Å². The number of rotatable bonds is 4. The summed E-state index contributed by atoms with van der Waals surface area (Å²) in [6.45, 7) is 0. The van der Waals surface area contributed by atoms with Crippen LogP contribution in [0, 0.1) is 5.92 Å². The highest BCUT2D eigenvalue weighted by atomic mass is 16.1. The van der Waals surface area contributed by atoms with Crippen LogP contribution in [-0.2, 0) is 4.79 Å². The third kappa shape index (κ3) is 4.79. The lowest BCUT2D eigenvalue weighted by molar-refractivity contribution is -0.121. The van der Waals surface area contributed by atoms with Gasteiger partial charge in [-0.25, -0.2) is 0 Å². The van der Waals surface area contributed by atoms with Crippen molar-refractivity contribution in [2.75, 3.05) is 0 Å². The van der Waals surface area contributed by atoms with E-state index in [4.69, 9.17) is 5.73 Å². The van der Waals surface area contributed by atoms with Gasteiger partial charge in [0.1, 0.15) is 0 Å². The fourth-order valence-electron chi connectivity index (χ4n) is 3.79. The number of amides is 1. The van der Waals surface area contributed by atoms with Crippen LogP contribution < -0.4 is 11.1 Å². The lowest BCUT2D eigenvalue weighted by atomic mass is 9.90. The first kappa shape index (κ1) is 14.8. The fourth-order valence-corrected chi connectivity index (χ4v) is 3.79. The zero-order valence-electron chi connectivity index (χ0n) is 12.2. The van der Waals surface area contributed by atoms with Crippen molar-refractivity contribution in [3.05, 3.63) is 0 Å². The summed E-state index contributed by atoms with van der Waals surface area (Å²) < 4.78 is 0. The smallest absolute Gasteiger partial charge is 0.234 e. The van der Waals surface area contributed by atoms with Crippen LogP contribution in [0.4, 0.5) is 0 Å². The zero-order chi connectivity index (χ0) is 13.5. The van der Waals surface area contributed by atoms with Gasteiger partial charge in [0, 0.05) is 6.04 Å². The first-order valence-electron chi connectivity index (χ1n) is 8.33. The second-order valence-electron chi connectivity index (χ2n) is 6.49. The van der Waals surface area contributed by atoms with E-state index in [1.165, 1.54) is 77.0 Å². The van der Waals surface area contributed by atoms with Crippen LogP contribution in [0.1, 0.15) is 77.0 Å². The molecule has 2 rings (SSSR count). The van der Waals surface area contributed by atoms with E-state index in [2.05, 4.69) is 5.32 Å². The summed E-state index contributed by atoms with van der Waals surface area (Å²) in [7, 11) is 0. The van der Waals surface area contributed by atoms with Crippen molar-refractivity contribution in [3.8, 4) is 0 Å². The van der Waals surface area contributed by atoms with Crippen LogP contribution >= 0.6 is 0 Å². The second-order valence-corrected chi connectivity index (χ2v) is 6.49. The Morgan fingerprint density at radius 1 is 0.842 bits per heavy atom. The minimum absolute atomic E-state index is 0.0822. The molecule has 0 aromatic heterocycles. The Hall–Kier alpha value is -0.570. The van der Waals surface area contributed by atoms with E-state index in [9.17, 15) is 4.79 Å². The van der Waals surface area contributed by atoms with Crippen molar-refractivity contribution < 1.29 is 4.79 Å². The molecule has 0 aliphatic heterocycles. The number of hydrogen-bond acceptors (Lipinski definition) is 2. The Kier molecular flexibility index (Phi) is 6.15. The Morgan fingerprint density at radius 2 is 1.32 bits per heavy atom. The van der Waals surface area contributed by atoms with Crippen molar-refractivity contribution in [3.63, 3.8) is 0 Å². The molecule has 3 N–H and O–H groups in total. The predicted octanol–water partition coefficient (Wildman–Crippen LogP) is 3.12.